The summed E-state index contributed by atoms with van der Waals surface area (Å²) in [6.07, 6.45) is -2.51. The van der Waals surface area contributed by atoms with Crippen molar-refractivity contribution in [2.45, 2.75) is 25.7 Å². The number of nitrogens with zero attached hydrogens (tertiary/aromatic N) is 6. The molecule has 5 rings (SSSR count). The van der Waals surface area contributed by atoms with E-state index in [0.717, 1.165) is 4.57 Å². The number of benzene rings is 2. The molecule has 0 bridgehead atoms. The molecule has 0 spiro atoms. The maximum Gasteiger partial charge on any atom is 0.451 e. The highest BCUT2D eigenvalue weighted by molar-refractivity contribution is 6.31. The Kier molecular flexibility index (Phi) is 7.21. The van der Waals surface area contributed by atoms with Gasteiger partial charge < -0.3 is 19.4 Å². The van der Waals surface area contributed by atoms with Gasteiger partial charge in [0.2, 0.25) is 5.82 Å². The van der Waals surface area contributed by atoms with E-state index in [0.29, 0.717) is 65.8 Å². The molecule has 1 aliphatic heterocycles. The highest BCUT2D eigenvalue weighted by Gasteiger charge is 2.39. The maximum atomic E-state index is 13.5. The highest BCUT2D eigenvalue weighted by Crippen LogP contribution is 2.35. The van der Waals surface area contributed by atoms with Crippen molar-refractivity contribution in [2.24, 2.45) is 0 Å². The third-order valence-corrected chi connectivity index (χ3v) is 6.35. The Hall–Kier alpha value is -3.71. The normalized spacial score (nSPS) is 13.9. The van der Waals surface area contributed by atoms with E-state index in [9.17, 15) is 17.6 Å². The summed E-state index contributed by atoms with van der Waals surface area (Å²) < 4.78 is 65.3. The molecular formula is C24H22ClF4N7O2. The molecule has 0 amide bonds. The summed E-state index contributed by atoms with van der Waals surface area (Å²) in [7, 11) is 1.52. The zero-order valence-corrected chi connectivity index (χ0v) is 20.9. The molecule has 0 unspecified atom stereocenters. The molecule has 1 N–H and O–H groups in total. The van der Waals surface area contributed by atoms with Crippen LogP contribution < -0.4 is 14.8 Å². The Bertz CT molecular complexity index is 1460. The lowest BCUT2D eigenvalue weighted by Crippen LogP contribution is -2.36. The number of halogens is 5. The van der Waals surface area contributed by atoms with Crippen LogP contribution in [0.4, 0.5) is 29.1 Å². The van der Waals surface area contributed by atoms with Gasteiger partial charge in [-0.25, -0.2) is 14.4 Å². The second kappa shape index (κ2) is 10.6. The molecule has 0 radical (unpaired) electrons. The van der Waals surface area contributed by atoms with Gasteiger partial charge in [-0.3, -0.25) is 4.90 Å². The van der Waals surface area contributed by atoms with E-state index in [2.05, 4.69) is 25.5 Å². The third kappa shape index (κ3) is 5.43. The third-order valence-electron chi connectivity index (χ3n) is 6.07. The highest BCUT2D eigenvalue weighted by atomic mass is 35.5. The predicted molar refractivity (Wildman–Crippen MR) is 131 cm³/mol. The second-order valence-electron chi connectivity index (χ2n) is 8.56. The SMILES string of the molecule is COc1cc2ncnc(Nc3ccc(F)c(Cl)c3)c2cc1OCCCN1CCn2c(nnc2C(F)(F)F)C1. The Balaban J connectivity index is 1.25. The second-order valence-corrected chi connectivity index (χ2v) is 8.97. The fraction of sp³-hybridized carbons (Fsp3) is 0.333. The lowest BCUT2D eigenvalue weighted by atomic mass is 10.2. The molecule has 2 aromatic carbocycles. The maximum absolute atomic E-state index is 13.5. The van der Waals surface area contributed by atoms with E-state index < -0.39 is 17.8 Å². The van der Waals surface area contributed by atoms with Crippen LogP contribution in [0.5, 0.6) is 11.5 Å². The lowest BCUT2D eigenvalue weighted by molar-refractivity contribution is -0.148. The summed E-state index contributed by atoms with van der Waals surface area (Å²) in [5.74, 6) is 0.242. The van der Waals surface area contributed by atoms with E-state index in [1.165, 1.54) is 25.6 Å². The minimum atomic E-state index is -4.52. The summed E-state index contributed by atoms with van der Waals surface area (Å²) in [4.78, 5) is 10.6. The fourth-order valence-electron chi connectivity index (χ4n) is 4.23. The van der Waals surface area contributed by atoms with Gasteiger partial charge in [-0.05, 0) is 30.7 Å². The number of methoxy groups -OCH3 is 1. The molecule has 38 heavy (non-hydrogen) atoms. The quantitative estimate of drug-likeness (QED) is 0.240. The number of aromatic nitrogens is 5. The summed E-state index contributed by atoms with van der Waals surface area (Å²) >= 11 is 5.89. The largest absolute Gasteiger partial charge is 0.493 e. The molecular weight excluding hydrogens is 530 g/mol. The predicted octanol–water partition coefficient (Wildman–Crippen LogP) is 5.07. The molecule has 200 valence electrons. The number of alkyl halides is 3. The zero-order valence-electron chi connectivity index (χ0n) is 20.1. The Morgan fingerprint density at radius 2 is 1.92 bits per heavy atom. The Morgan fingerprint density at radius 3 is 2.68 bits per heavy atom. The van der Waals surface area contributed by atoms with E-state index in [4.69, 9.17) is 21.1 Å². The minimum Gasteiger partial charge on any atom is -0.493 e. The topological polar surface area (TPSA) is 90.2 Å². The van der Waals surface area contributed by atoms with Crippen molar-refractivity contribution in [2.75, 3.05) is 32.1 Å². The van der Waals surface area contributed by atoms with Crippen molar-refractivity contribution in [3.8, 4) is 11.5 Å². The number of anilines is 2. The van der Waals surface area contributed by atoms with Crippen LogP contribution >= 0.6 is 11.6 Å². The van der Waals surface area contributed by atoms with Gasteiger partial charge in [0.25, 0.3) is 0 Å². The van der Waals surface area contributed by atoms with Crippen molar-refractivity contribution in [3.63, 3.8) is 0 Å². The fourth-order valence-corrected chi connectivity index (χ4v) is 4.41. The number of hydrogen-bond acceptors (Lipinski definition) is 8. The average Bonchev–Trinajstić information content (AvgIpc) is 3.33. The van der Waals surface area contributed by atoms with E-state index in [-0.39, 0.29) is 18.1 Å². The van der Waals surface area contributed by atoms with Crippen LogP contribution in [0.3, 0.4) is 0 Å². The molecule has 14 heteroatoms. The van der Waals surface area contributed by atoms with Gasteiger partial charge >= 0.3 is 6.18 Å². The number of ether oxygens (including phenoxy) is 2. The van der Waals surface area contributed by atoms with E-state index >= 15 is 0 Å². The molecule has 0 saturated heterocycles. The van der Waals surface area contributed by atoms with Crippen LogP contribution in [0.1, 0.15) is 18.1 Å². The molecule has 0 saturated carbocycles. The van der Waals surface area contributed by atoms with Gasteiger partial charge in [0.05, 0.1) is 30.8 Å². The number of nitrogens with one attached hydrogen (secondary N) is 1. The van der Waals surface area contributed by atoms with Crippen LogP contribution in [0, 0.1) is 5.82 Å². The molecule has 3 heterocycles. The van der Waals surface area contributed by atoms with Gasteiger partial charge in [-0.2, -0.15) is 13.2 Å². The summed E-state index contributed by atoms with van der Waals surface area (Å²) in [5, 5.41) is 10.8. The molecule has 0 fully saturated rings. The summed E-state index contributed by atoms with van der Waals surface area (Å²) in [5.41, 5.74) is 1.16. The lowest BCUT2D eigenvalue weighted by Gasteiger charge is -2.27. The Morgan fingerprint density at radius 1 is 1.08 bits per heavy atom. The first-order valence-electron chi connectivity index (χ1n) is 11.6. The molecule has 0 aliphatic carbocycles. The van der Waals surface area contributed by atoms with Crippen LogP contribution in [-0.4, -0.2) is 56.4 Å². The monoisotopic (exact) mass is 551 g/mol. The molecule has 0 atom stereocenters. The Labute approximate surface area is 219 Å². The van der Waals surface area contributed by atoms with Crippen molar-refractivity contribution in [1.29, 1.82) is 0 Å². The van der Waals surface area contributed by atoms with Crippen LogP contribution in [0.15, 0.2) is 36.7 Å². The number of fused-ring (bicyclic) bond motifs is 2. The summed E-state index contributed by atoms with van der Waals surface area (Å²) in [6.45, 7) is 1.84. The smallest absolute Gasteiger partial charge is 0.451 e. The molecule has 1 aliphatic rings. The summed E-state index contributed by atoms with van der Waals surface area (Å²) in [6, 6.07) is 7.74. The van der Waals surface area contributed by atoms with Gasteiger partial charge in [0, 0.05) is 36.8 Å². The molecule has 2 aromatic heterocycles. The van der Waals surface area contributed by atoms with Gasteiger partial charge in [-0.15, -0.1) is 10.2 Å². The van der Waals surface area contributed by atoms with E-state index in [1.54, 1.807) is 18.2 Å². The number of rotatable bonds is 8. The van der Waals surface area contributed by atoms with Gasteiger partial charge in [-0.1, -0.05) is 11.6 Å². The van der Waals surface area contributed by atoms with Crippen LogP contribution in [0.25, 0.3) is 10.9 Å². The first-order chi connectivity index (χ1) is 18.2. The first-order valence-corrected chi connectivity index (χ1v) is 12.0. The van der Waals surface area contributed by atoms with Crippen molar-refractivity contribution < 1.29 is 27.0 Å². The number of hydrogen-bond donors (Lipinski definition) is 1. The van der Waals surface area contributed by atoms with Crippen LogP contribution in [-0.2, 0) is 19.3 Å². The van der Waals surface area contributed by atoms with Gasteiger partial charge in [0.15, 0.2) is 11.5 Å². The van der Waals surface area contributed by atoms with Crippen molar-refractivity contribution >= 4 is 34.0 Å². The molecule has 4 aromatic rings. The molecule has 9 nitrogen and oxygen atoms in total. The van der Waals surface area contributed by atoms with E-state index in [1.807, 2.05) is 4.90 Å². The standard InChI is InChI=1S/C24H22ClF4N7O2/c1-37-19-11-18-15(22(31-13-30-18)32-14-3-4-17(26)16(25)9-14)10-20(19)38-8-2-5-35-6-7-36-21(12-35)33-34-23(36)24(27,28)29/h3-4,9-11,13H,2,5-8,12H2,1H3,(H,30,31,32). The zero-order chi connectivity index (χ0) is 26.9. The van der Waals surface area contributed by atoms with Crippen molar-refractivity contribution in [1.82, 2.24) is 29.6 Å². The van der Waals surface area contributed by atoms with Crippen molar-refractivity contribution in [3.05, 3.63) is 59.1 Å². The first kappa shape index (κ1) is 25.9. The minimum absolute atomic E-state index is 0.0196. The van der Waals surface area contributed by atoms with Gasteiger partial charge in [0.1, 0.15) is 23.8 Å². The average molecular weight is 552 g/mol. The van der Waals surface area contributed by atoms with Crippen LogP contribution in [0.2, 0.25) is 5.02 Å².